The number of hydrogen-bond acceptors (Lipinski definition) is 6. The summed E-state index contributed by atoms with van der Waals surface area (Å²) in [6.07, 6.45) is 10.2. The van der Waals surface area contributed by atoms with E-state index in [2.05, 4.69) is 77.6 Å². The van der Waals surface area contributed by atoms with Gasteiger partial charge in [0.1, 0.15) is 6.10 Å². The number of fused-ring (bicyclic) bond motifs is 7. The molecule has 7 nitrogen and oxygen atoms in total. The summed E-state index contributed by atoms with van der Waals surface area (Å²) in [5, 5.41) is 10.4. The Morgan fingerprint density at radius 2 is 1.58 bits per heavy atom. The predicted octanol–water partition coefficient (Wildman–Crippen LogP) is 10.1. The van der Waals surface area contributed by atoms with Gasteiger partial charge in [-0.2, -0.15) is 0 Å². The van der Waals surface area contributed by atoms with Gasteiger partial charge in [0.25, 0.3) is 0 Å². The van der Waals surface area contributed by atoms with E-state index in [1.165, 1.54) is 30.4 Å². The van der Waals surface area contributed by atoms with Crippen molar-refractivity contribution < 1.29 is 24.2 Å². The van der Waals surface area contributed by atoms with Gasteiger partial charge in [-0.1, -0.05) is 70.8 Å². The molecule has 5 aliphatic rings. The average Bonchev–Trinajstić information content (AvgIpc) is 3.40. The second kappa shape index (κ2) is 15.5. The molecular weight excluding hydrogens is 708 g/mol. The lowest BCUT2D eigenvalue weighted by atomic mass is 9.36. The van der Waals surface area contributed by atoms with Gasteiger partial charge in [0, 0.05) is 41.9 Å². The van der Waals surface area contributed by atoms with Crippen LogP contribution in [-0.4, -0.2) is 72.5 Å². The summed E-state index contributed by atoms with van der Waals surface area (Å²) in [6.45, 7) is 21.3. The van der Waals surface area contributed by atoms with Crippen LogP contribution in [0.4, 0.5) is 0 Å². The molecule has 8 atom stereocenters. The topological polar surface area (TPSA) is 87.2 Å². The fourth-order valence-corrected chi connectivity index (χ4v) is 13.5. The Hall–Kier alpha value is -2.22. The number of carboxylic acid groups (broad SMARTS) is 1. The van der Waals surface area contributed by atoms with E-state index in [0.29, 0.717) is 35.9 Å². The molecule has 4 fully saturated rings. The van der Waals surface area contributed by atoms with Crippen molar-refractivity contribution in [2.24, 2.45) is 56.7 Å². The number of nitrogens with zero attached hydrogens (tertiary/aromatic N) is 2. The van der Waals surface area contributed by atoms with Gasteiger partial charge in [-0.05, 0) is 156 Å². The summed E-state index contributed by atoms with van der Waals surface area (Å²) >= 11 is 6.25. The Balaban J connectivity index is 1.23. The van der Waals surface area contributed by atoms with Crippen molar-refractivity contribution in [1.29, 1.82) is 0 Å². The van der Waals surface area contributed by atoms with E-state index in [4.69, 9.17) is 16.3 Å². The minimum absolute atomic E-state index is 0.0440. The molecule has 55 heavy (non-hydrogen) atoms. The zero-order chi connectivity index (χ0) is 40.3. The molecule has 0 bridgehead atoms. The molecule has 1 aromatic carbocycles. The number of ketones is 1. The molecule has 6 rings (SSSR count). The third-order valence-corrected chi connectivity index (χ3v) is 16.5. The lowest BCUT2D eigenvalue weighted by Crippen LogP contribution is -2.63. The van der Waals surface area contributed by atoms with Crippen molar-refractivity contribution in [1.82, 2.24) is 9.80 Å². The lowest BCUT2D eigenvalue weighted by molar-refractivity contribution is -0.214. The number of carbonyl (C=O) groups excluding carboxylic acids is 2. The summed E-state index contributed by atoms with van der Waals surface area (Å²) in [4.78, 5) is 43.9. The van der Waals surface area contributed by atoms with E-state index >= 15 is 0 Å². The molecule has 0 spiro atoms. The number of halogens is 1. The van der Waals surface area contributed by atoms with Crippen LogP contribution in [0.25, 0.3) is 0 Å². The van der Waals surface area contributed by atoms with Gasteiger partial charge < -0.3 is 14.7 Å². The van der Waals surface area contributed by atoms with E-state index in [0.717, 1.165) is 69.7 Å². The largest absolute Gasteiger partial charge is 0.481 e. The van der Waals surface area contributed by atoms with Gasteiger partial charge in [0.05, 0.1) is 11.8 Å². The summed E-state index contributed by atoms with van der Waals surface area (Å²) in [5.74, 6) is 1.31. The van der Waals surface area contributed by atoms with Gasteiger partial charge in [0.15, 0.2) is 5.78 Å². The van der Waals surface area contributed by atoms with Crippen LogP contribution in [0.15, 0.2) is 35.4 Å². The molecule has 0 radical (unpaired) electrons. The van der Waals surface area contributed by atoms with E-state index in [1.807, 2.05) is 12.1 Å². The van der Waals surface area contributed by atoms with Crippen LogP contribution in [0, 0.1) is 56.7 Å². The van der Waals surface area contributed by atoms with Crippen LogP contribution in [0.3, 0.4) is 0 Å². The maximum absolute atomic E-state index is 14.2. The van der Waals surface area contributed by atoms with Crippen LogP contribution in [0.1, 0.15) is 132 Å². The number of rotatable bonds is 13. The van der Waals surface area contributed by atoms with Crippen LogP contribution in [-0.2, 0) is 25.7 Å². The molecule has 0 aliphatic heterocycles. The van der Waals surface area contributed by atoms with Gasteiger partial charge >= 0.3 is 11.9 Å². The Kier molecular flexibility index (Phi) is 12.0. The van der Waals surface area contributed by atoms with Crippen molar-refractivity contribution in [2.75, 3.05) is 33.7 Å². The third kappa shape index (κ3) is 7.86. The standard InChI is InChI=1S/C47H71ClN2O5/c1-30(2)40-35(51)27-47(23-24-50(26-25-49(9)10)29-31-11-13-32(48)14-12-31)22-17-34-33(41(40)47)15-16-37-45(34,7)20-18-36-44(5,6)38(19-21-46(36,37)8)55-39(52)28-43(3,4)42(53)54/h11-14,30,33-34,36-38H,15-29H2,1-10H3,(H,53,54). The Morgan fingerprint density at radius 1 is 0.909 bits per heavy atom. The minimum Gasteiger partial charge on any atom is -0.481 e. The normalized spacial score (nSPS) is 34.4. The Morgan fingerprint density at radius 3 is 2.22 bits per heavy atom. The molecule has 5 aliphatic carbocycles. The number of hydrogen-bond donors (Lipinski definition) is 1. The van der Waals surface area contributed by atoms with E-state index in [1.54, 1.807) is 19.4 Å². The zero-order valence-electron chi connectivity index (χ0n) is 35.7. The molecule has 306 valence electrons. The number of ether oxygens (including phenoxy) is 1. The smallest absolute Gasteiger partial charge is 0.309 e. The van der Waals surface area contributed by atoms with Crippen LogP contribution in [0.2, 0.25) is 5.02 Å². The molecular formula is C47H71ClN2O5. The molecule has 0 aromatic heterocycles. The number of carbonyl (C=O) groups is 3. The fourth-order valence-electron chi connectivity index (χ4n) is 13.4. The summed E-state index contributed by atoms with van der Waals surface area (Å²) < 4.78 is 6.19. The highest BCUT2D eigenvalue weighted by molar-refractivity contribution is 6.30. The maximum atomic E-state index is 14.2. The average molecular weight is 780 g/mol. The summed E-state index contributed by atoms with van der Waals surface area (Å²) in [6, 6.07) is 8.27. The van der Waals surface area contributed by atoms with E-state index in [9.17, 15) is 19.5 Å². The molecule has 8 heteroatoms. The first-order valence-corrected chi connectivity index (χ1v) is 21.8. The van der Waals surface area contributed by atoms with Crippen LogP contribution < -0.4 is 0 Å². The highest BCUT2D eigenvalue weighted by Gasteiger charge is 2.66. The van der Waals surface area contributed by atoms with Crippen molar-refractivity contribution in [3.63, 3.8) is 0 Å². The van der Waals surface area contributed by atoms with Crippen molar-refractivity contribution in [2.45, 2.75) is 139 Å². The van der Waals surface area contributed by atoms with Crippen molar-refractivity contribution in [3.05, 3.63) is 46.0 Å². The van der Waals surface area contributed by atoms with Gasteiger partial charge in [-0.3, -0.25) is 19.3 Å². The molecule has 0 saturated heterocycles. The molecule has 0 heterocycles. The number of Topliss-reactive ketones (excluding diaryl/α,β-unsaturated/α-hetero) is 1. The highest BCUT2D eigenvalue weighted by Crippen LogP contribution is 2.73. The minimum atomic E-state index is -1.15. The quantitative estimate of drug-likeness (QED) is 0.200. The van der Waals surface area contributed by atoms with Crippen LogP contribution in [0.5, 0.6) is 0 Å². The second-order valence-corrected chi connectivity index (χ2v) is 21.4. The number of esters is 1. The van der Waals surface area contributed by atoms with E-state index < -0.39 is 17.4 Å². The zero-order valence-corrected chi connectivity index (χ0v) is 36.5. The number of likely N-dealkylation sites (N-methyl/N-ethyl adjacent to an activating group) is 1. The van der Waals surface area contributed by atoms with Crippen molar-refractivity contribution >= 4 is 29.3 Å². The van der Waals surface area contributed by atoms with E-state index in [-0.39, 0.29) is 40.1 Å². The first kappa shape index (κ1) is 42.4. The first-order valence-electron chi connectivity index (χ1n) is 21.5. The first-order chi connectivity index (χ1) is 25.6. The molecule has 1 aromatic rings. The third-order valence-electron chi connectivity index (χ3n) is 16.2. The van der Waals surface area contributed by atoms with Gasteiger partial charge in [-0.15, -0.1) is 0 Å². The summed E-state index contributed by atoms with van der Waals surface area (Å²) in [7, 11) is 4.29. The molecule has 1 N–H and O–H groups in total. The summed E-state index contributed by atoms with van der Waals surface area (Å²) in [5.41, 5.74) is 2.94. The van der Waals surface area contributed by atoms with Gasteiger partial charge in [-0.25, -0.2) is 0 Å². The SMILES string of the molecule is CC(C)C1=C2C3CCC4C(C)(CCC5C(C)(C)C(OC(=O)CC(C)(C)C(=O)O)CCC54C)C3CCC2(CCN(CCN(C)C)Cc2ccc(Cl)cc2)CC1=O. The number of allylic oxidation sites excluding steroid dienone is 2. The fraction of sp³-hybridized carbons (Fsp3) is 0.766. The van der Waals surface area contributed by atoms with Gasteiger partial charge in [0.2, 0.25) is 0 Å². The Bertz CT molecular complexity index is 1650. The molecule has 4 saturated carbocycles. The number of carboxylic acids is 1. The molecule has 0 amide bonds. The Labute approximate surface area is 337 Å². The number of aliphatic carboxylic acids is 1. The lowest BCUT2D eigenvalue weighted by Gasteiger charge is -2.69. The van der Waals surface area contributed by atoms with Crippen LogP contribution >= 0.6 is 11.6 Å². The number of benzene rings is 1. The molecule has 8 unspecified atom stereocenters. The predicted molar refractivity (Wildman–Crippen MR) is 221 cm³/mol. The maximum Gasteiger partial charge on any atom is 0.309 e. The highest BCUT2D eigenvalue weighted by atomic mass is 35.5. The van der Waals surface area contributed by atoms with Crippen molar-refractivity contribution in [3.8, 4) is 0 Å². The monoisotopic (exact) mass is 779 g/mol. The second-order valence-electron chi connectivity index (χ2n) is 21.0.